The summed E-state index contributed by atoms with van der Waals surface area (Å²) in [4.78, 5) is 29.5. The van der Waals surface area contributed by atoms with Crippen LogP contribution >= 0.6 is 0 Å². The Balaban J connectivity index is 1.78. The zero-order valence-electron chi connectivity index (χ0n) is 15.3. The highest BCUT2D eigenvalue weighted by Gasteiger charge is 2.30. The van der Waals surface area contributed by atoms with E-state index in [2.05, 4.69) is 10.3 Å². The quantitative estimate of drug-likeness (QED) is 0.366. The third-order valence-electron chi connectivity index (χ3n) is 4.51. The van der Waals surface area contributed by atoms with Gasteiger partial charge in [0.2, 0.25) is 11.1 Å². The molecule has 0 saturated heterocycles. The van der Waals surface area contributed by atoms with Crippen LogP contribution in [0.4, 0.5) is 23.2 Å². The number of benzene rings is 2. The summed E-state index contributed by atoms with van der Waals surface area (Å²) in [5, 5.41) is 2.31. The lowest BCUT2D eigenvalue weighted by molar-refractivity contribution is -0.137. The lowest BCUT2D eigenvalue weighted by atomic mass is 10.1. The average molecular weight is 416 g/mol. The van der Waals surface area contributed by atoms with Crippen LogP contribution in [0.5, 0.6) is 0 Å². The van der Waals surface area contributed by atoms with Gasteiger partial charge in [0.1, 0.15) is 11.4 Å². The first-order valence-electron chi connectivity index (χ1n) is 8.66. The number of aromatic nitrogens is 1. The van der Waals surface area contributed by atoms with Gasteiger partial charge >= 0.3 is 6.18 Å². The number of carbonyl (C=O) groups excluding carboxylic acids is 1. The zero-order chi connectivity index (χ0) is 21.6. The second kappa shape index (κ2) is 6.94. The molecule has 2 aromatic heterocycles. The monoisotopic (exact) mass is 416 g/mol. The van der Waals surface area contributed by atoms with Gasteiger partial charge in [-0.15, -0.1) is 0 Å². The molecule has 9 heteroatoms. The maximum Gasteiger partial charge on any atom is 0.416 e. The summed E-state index contributed by atoms with van der Waals surface area (Å²) in [6.45, 7) is 1.50. The average Bonchev–Trinajstić information content (AvgIpc) is 2.68. The summed E-state index contributed by atoms with van der Waals surface area (Å²) >= 11 is 0. The molecule has 0 bridgehead atoms. The first kappa shape index (κ1) is 19.6. The van der Waals surface area contributed by atoms with Crippen LogP contribution in [0.1, 0.15) is 21.6 Å². The van der Waals surface area contributed by atoms with Crippen LogP contribution in [0.15, 0.2) is 57.7 Å². The van der Waals surface area contributed by atoms with Crippen molar-refractivity contribution in [3.8, 4) is 0 Å². The molecule has 5 nitrogen and oxygen atoms in total. The lowest BCUT2D eigenvalue weighted by Crippen LogP contribution is -2.16. The van der Waals surface area contributed by atoms with Gasteiger partial charge in [-0.25, -0.2) is 9.37 Å². The highest BCUT2D eigenvalue weighted by Crippen LogP contribution is 2.31. The SMILES string of the molecule is Cc1nc2oc3ccc(F)cc3c(=O)c2cc1C(=O)Nc1cccc(C(F)(F)F)c1. The number of amides is 1. The number of halogens is 4. The van der Waals surface area contributed by atoms with E-state index in [4.69, 9.17) is 4.42 Å². The molecule has 0 atom stereocenters. The van der Waals surface area contributed by atoms with Gasteiger partial charge in [-0.1, -0.05) is 6.07 Å². The van der Waals surface area contributed by atoms with E-state index in [0.29, 0.717) is 0 Å². The van der Waals surface area contributed by atoms with Crippen molar-refractivity contribution in [1.29, 1.82) is 0 Å². The molecule has 4 aromatic rings. The topological polar surface area (TPSA) is 72.2 Å². The lowest BCUT2D eigenvalue weighted by Gasteiger charge is -2.11. The van der Waals surface area contributed by atoms with Crippen LogP contribution in [0, 0.1) is 12.7 Å². The highest BCUT2D eigenvalue weighted by atomic mass is 19.4. The number of rotatable bonds is 2. The minimum atomic E-state index is -4.56. The van der Waals surface area contributed by atoms with Crippen molar-refractivity contribution in [2.45, 2.75) is 13.1 Å². The summed E-state index contributed by atoms with van der Waals surface area (Å²) < 4.78 is 57.7. The second-order valence-electron chi connectivity index (χ2n) is 6.58. The highest BCUT2D eigenvalue weighted by molar-refractivity contribution is 6.07. The van der Waals surface area contributed by atoms with Crippen LogP contribution in [0.25, 0.3) is 22.1 Å². The van der Waals surface area contributed by atoms with Crippen LogP contribution in [-0.4, -0.2) is 10.9 Å². The number of alkyl halides is 3. The fourth-order valence-electron chi connectivity index (χ4n) is 3.04. The number of hydrogen-bond donors (Lipinski definition) is 1. The molecule has 0 spiro atoms. The molecule has 2 aromatic carbocycles. The Morgan fingerprint density at radius 2 is 1.83 bits per heavy atom. The number of nitrogens with zero attached hydrogens (tertiary/aromatic N) is 1. The molecular weight excluding hydrogens is 404 g/mol. The summed E-state index contributed by atoms with van der Waals surface area (Å²) in [5.74, 6) is -1.38. The van der Waals surface area contributed by atoms with Crippen LogP contribution in [-0.2, 0) is 6.18 Å². The van der Waals surface area contributed by atoms with Crippen molar-refractivity contribution in [3.63, 3.8) is 0 Å². The van der Waals surface area contributed by atoms with Crippen molar-refractivity contribution >= 4 is 33.7 Å². The van der Waals surface area contributed by atoms with Gasteiger partial charge in [0.15, 0.2) is 0 Å². The number of pyridine rings is 1. The van der Waals surface area contributed by atoms with Crippen LogP contribution in [0.2, 0.25) is 0 Å². The molecule has 2 heterocycles. The molecule has 152 valence electrons. The number of aryl methyl sites for hydroxylation is 1. The van der Waals surface area contributed by atoms with Gasteiger partial charge in [-0.2, -0.15) is 13.2 Å². The Bertz CT molecular complexity index is 1380. The van der Waals surface area contributed by atoms with Crippen molar-refractivity contribution in [2.75, 3.05) is 5.32 Å². The molecule has 0 aliphatic rings. The Hall–Kier alpha value is -3.75. The van der Waals surface area contributed by atoms with Gasteiger partial charge < -0.3 is 9.73 Å². The van der Waals surface area contributed by atoms with E-state index in [1.807, 2.05) is 0 Å². The van der Waals surface area contributed by atoms with E-state index < -0.39 is 28.9 Å². The molecule has 1 N–H and O–H groups in total. The van der Waals surface area contributed by atoms with E-state index in [1.165, 1.54) is 31.2 Å². The first-order valence-corrected chi connectivity index (χ1v) is 8.66. The molecule has 0 aliphatic carbocycles. The number of nitrogens with one attached hydrogen (secondary N) is 1. The fourth-order valence-corrected chi connectivity index (χ4v) is 3.04. The van der Waals surface area contributed by atoms with Crippen molar-refractivity contribution < 1.29 is 26.8 Å². The predicted octanol–water partition coefficient (Wildman–Crippen LogP) is 5.06. The zero-order valence-corrected chi connectivity index (χ0v) is 15.3. The summed E-state index contributed by atoms with van der Waals surface area (Å²) in [7, 11) is 0. The smallest absolute Gasteiger partial charge is 0.416 e. The minimum Gasteiger partial charge on any atom is -0.437 e. The molecule has 0 radical (unpaired) electrons. The fraction of sp³-hybridized carbons (Fsp3) is 0.0952. The Morgan fingerprint density at radius 1 is 1.07 bits per heavy atom. The molecule has 30 heavy (non-hydrogen) atoms. The van der Waals surface area contributed by atoms with E-state index in [0.717, 1.165) is 24.3 Å². The molecule has 0 aliphatic heterocycles. The van der Waals surface area contributed by atoms with Gasteiger partial charge in [-0.05, 0) is 49.4 Å². The van der Waals surface area contributed by atoms with E-state index in [9.17, 15) is 27.2 Å². The van der Waals surface area contributed by atoms with E-state index in [-0.39, 0.29) is 39.0 Å². The van der Waals surface area contributed by atoms with Crippen LogP contribution < -0.4 is 10.7 Å². The normalized spacial score (nSPS) is 11.8. The van der Waals surface area contributed by atoms with E-state index >= 15 is 0 Å². The van der Waals surface area contributed by atoms with Crippen molar-refractivity contribution in [1.82, 2.24) is 4.98 Å². The molecule has 0 saturated carbocycles. The summed E-state index contributed by atoms with van der Waals surface area (Å²) in [5.41, 5.74) is -1.27. The van der Waals surface area contributed by atoms with Crippen molar-refractivity contribution in [2.24, 2.45) is 0 Å². The molecule has 0 fully saturated rings. The second-order valence-corrected chi connectivity index (χ2v) is 6.58. The van der Waals surface area contributed by atoms with Gasteiger partial charge in [-0.3, -0.25) is 9.59 Å². The van der Waals surface area contributed by atoms with Gasteiger partial charge in [0.25, 0.3) is 5.91 Å². The van der Waals surface area contributed by atoms with Crippen molar-refractivity contribution in [3.05, 3.63) is 81.4 Å². The number of fused-ring (bicyclic) bond motifs is 2. The number of hydrogen-bond acceptors (Lipinski definition) is 4. The Kier molecular flexibility index (Phi) is 4.53. The van der Waals surface area contributed by atoms with Crippen LogP contribution in [0.3, 0.4) is 0 Å². The van der Waals surface area contributed by atoms with E-state index in [1.54, 1.807) is 0 Å². The summed E-state index contributed by atoms with van der Waals surface area (Å²) in [6, 6.07) is 8.85. The maximum atomic E-state index is 13.5. The molecular formula is C21H12F4N2O3. The first-order chi connectivity index (χ1) is 14.1. The molecule has 4 rings (SSSR count). The third kappa shape index (κ3) is 3.49. The number of carbonyl (C=O) groups is 1. The van der Waals surface area contributed by atoms with Gasteiger partial charge in [0.05, 0.1) is 27.6 Å². The largest absolute Gasteiger partial charge is 0.437 e. The number of anilines is 1. The molecule has 0 unspecified atom stereocenters. The standard InChI is InChI=1S/C21H12F4N2O3/c1-10-14(19(29)27-13-4-2-3-11(7-13)21(23,24)25)9-16-18(28)15-8-12(22)5-6-17(15)30-20(16)26-10/h2-9H,1H3,(H,27,29). The Morgan fingerprint density at radius 3 is 2.57 bits per heavy atom. The summed E-state index contributed by atoms with van der Waals surface area (Å²) in [6.07, 6.45) is -4.56. The Labute approximate surface area is 166 Å². The maximum absolute atomic E-state index is 13.5. The third-order valence-corrected chi connectivity index (χ3v) is 4.51. The molecule has 1 amide bonds. The minimum absolute atomic E-state index is 0.0163. The predicted molar refractivity (Wildman–Crippen MR) is 102 cm³/mol. The van der Waals surface area contributed by atoms with Gasteiger partial charge in [0, 0.05) is 5.69 Å².